The highest BCUT2D eigenvalue weighted by Gasteiger charge is 2.19. The molecule has 1 amide bonds. The van der Waals surface area contributed by atoms with Gasteiger partial charge in [-0.05, 0) is 51.0 Å². The van der Waals surface area contributed by atoms with Crippen LogP contribution in [0.4, 0.5) is 4.79 Å². The van der Waals surface area contributed by atoms with E-state index in [-0.39, 0.29) is 0 Å². The first-order chi connectivity index (χ1) is 12.7. The van der Waals surface area contributed by atoms with Crippen molar-refractivity contribution in [2.45, 2.75) is 46.3 Å². The summed E-state index contributed by atoms with van der Waals surface area (Å²) >= 11 is 0. The quantitative estimate of drug-likeness (QED) is 0.758. The van der Waals surface area contributed by atoms with E-state index in [1.807, 2.05) is 22.8 Å². The number of primary amides is 1. The van der Waals surface area contributed by atoms with Crippen LogP contribution in [0, 0.1) is 0 Å². The van der Waals surface area contributed by atoms with Gasteiger partial charge >= 0.3 is 6.09 Å². The van der Waals surface area contributed by atoms with Gasteiger partial charge in [0.1, 0.15) is 11.3 Å². The minimum absolute atomic E-state index is 0.445. The lowest BCUT2D eigenvalue weighted by Gasteiger charge is -2.18. The Kier molecular flexibility index (Phi) is 4.78. The highest BCUT2D eigenvalue weighted by atomic mass is 16.6. The predicted molar refractivity (Wildman–Crippen MR) is 104 cm³/mol. The molecule has 0 aliphatic carbocycles. The number of carbonyl (C=O) groups excluding carboxylic acids is 2. The van der Waals surface area contributed by atoms with Crippen LogP contribution in [-0.2, 0) is 11.3 Å². The van der Waals surface area contributed by atoms with Gasteiger partial charge < -0.3 is 15.0 Å². The number of carbonyl (C=O) groups is 2. The molecule has 27 heavy (non-hydrogen) atoms. The monoisotopic (exact) mass is 368 g/mol. The van der Waals surface area contributed by atoms with Gasteiger partial charge in [0.15, 0.2) is 0 Å². The fourth-order valence-corrected chi connectivity index (χ4v) is 3.00. The molecular formula is C20H24N4O3. The molecular weight excluding hydrogens is 344 g/mol. The van der Waals surface area contributed by atoms with Crippen molar-refractivity contribution >= 4 is 22.9 Å². The molecule has 0 bridgehead atoms. The molecule has 0 aliphatic rings. The van der Waals surface area contributed by atoms with Crippen LogP contribution in [0.1, 0.15) is 44.6 Å². The van der Waals surface area contributed by atoms with Crippen molar-refractivity contribution in [2.24, 2.45) is 5.73 Å². The number of hydrogen-bond donors (Lipinski definition) is 1. The molecule has 7 nitrogen and oxygen atoms in total. The average molecular weight is 368 g/mol. The smallest absolute Gasteiger partial charge is 0.435 e. The van der Waals surface area contributed by atoms with Crippen molar-refractivity contribution in [2.75, 3.05) is 0 Å². The van der Waals surface area contributed by atoms with Crippen LogP contribution in [0.5, 0.6) is 0 Å². The van der Waals surface area contributed by atoms with E-state index in [0.717, 1.165) is 35.0 Å². The third-order valence-electron chi connectivity index (χ3n) is 4.10. The van der Waals surface area contributed by atoms with Crippen molar-refractivity contribution in [3.63, 3.8) is 0 Å². The molecule has 0 aliphatic heterocycles. The summed E-state index contributed by atoms with van der Waals surface area (Å²) in [4.78, 5) is 23.9. The van der Waals surface area contributed by atoms with Gasteiger partial charge in [-0.1, -0.05) is 13.0 Å². The van der Waals surface area contributed by atoms with Crippen molar-refractivity contribution in [1.82, 2.24) is 14.3 Å². The van der Waals surface area contributed by atoms with Gasteiger partial charge in [0, 0.05) is 29.2 Å². The number of rotatable bonds is 4. The largest absolute Gasteiger partial charge is 0.442 e. The Balaban J connectivity index is 1.96. The van der Waals surface area contributed by atoms with Gasteiger partial charge in [-0.2, -0.15) is 9.78 Å². The molecule has 3 aromatic rings. The van der Waals surface area contributed by atoms with Crippen molar-refractivity contribution in [3.8, 4) is 11.1 Å². The molecule has 0 fully saturated rings. The fourth-order valence-electron chi connectivity index (χ4n) is 3.00. The minimum Gasteiger partial charge on any atom is -0.442 e. The van der Waals surface area contributed by atoms with E-state index in [4.69, 9.17) is 10.5 Å². The number of ether oxygens (including phenoxy) is 1. The highest BCUT2D eigenvalue weighted by molar-refractivity contribution is 5.98. The number of amides is 1. The van der Waals surface area contributed by atoms with E-state index in [2.05, 4.69) is 12.0 Å². The topological polar surface area (TPSA) is 92.1 Å². The molecule has 2 heterocycles. The Bertz CT molecular complexity index is 1010. The Morgan fingerprint density at radius 2 is 1.93 bits per heavy atom. The van der Waals surface area contributed by atoms with Crippen LogP contribution in [0.2, 0.25) is 0 Å². The lowest BCUT2D eigenvalue weighted by molar-refractivity contribution is 0.0514. The van der Waals surface area contributed by atoms with Gasteiger partial charge in [-0.3, -0.25) is 4.79 Å². The zero-order valence-corrected chi connectivity index (χ0v) is 16.0. The molecule has 1 aromatic carbocycles. The third-order valence-corrected chi connectivity index (χ3v) is 4.10. The number of nitrogens with zero attached hydrogens (tertiary/aromatic N) is 3. The maximum atomic E-state index is 12.1. The summed E-state index contributed by atoms with van der Waals surface area (Å²) in [6, 6.07) is 7.66. The summed E-state index contributed by atoms with van der Waals surface area (Å²) in [6.45, 7) is 8.19. The van der Waals surface area contributed by atoms with Gasteiger partial charge in [-0.25, -0.2) is 4.79 Å². The normalized spacial score (nSPS) is 11.7. The zero-order valence-electron chi connectivity index (χ0n) is 16.0. The van der Waals surface area contributed by atoms with Crippen LogP contribution >= 0.6 is 0 Å². The van der Waals surface area contributed by atoms with E-state index < -0.39 is 17.6 Å². The number of aromatic nitrogens is 3. The SMILES string of the molecule is CCCn1c(C(N)=O)cc2cc(-c3cnn(C(=O)OC(C)(C)C)c3)ccc21. The first kappa shape index (κ1) is 18.7. The van der Waals surface area contributed by atoms with Crippen molar-refractivity contribution in [1.29, 1.82) is 0 Å². The van der Waals surface area contributed by atoms with E-state index in [9.17, 15) is 9.59 Å². The maximum Gasteiger partial charge on any atom is 0.435 e. The molecule has 0 atom stereocenters. The number of aryl methyl sites for hydroxylation is 1. The summed E-state index contributed by atoms with van der Waals surface area (Å²) in [7, 11) is 0. The van der Waals surface area contributed by atoms with E-state index >= 15 is 0 Å². The second-order valence-electron chi connectivity index (χ2n) is 7.47. The van der Waals surface area contributed by atoms with Crippen molar-refractivity contribution in [3.05, 3.63) is 42.4 Å². The summed E-state index contributed by atoms with van der Waals surface area (Å²) < 4.78 is 8.44. The Hall–Kier alpha value is -3.09. The number of benzene rings is 1. The second-order valence-corrected chi connectivity index (χ2v) is 7.47. The van der Waals surface area contributed by atoms with Crippen molar-refractivity contribution < 1.29 is 14.3 Å². The lowest BCUT2D eigenvalue weighted by atomic mass is 10.1. The molecule has 7 heteroatoms. The van der Waals surface area contributed by atoms with Crippen LogP contribution in [0.3, 0.4) is 0 Å². The summed E-state index contributed by atoms with van der Waals surface area (Å²) in [5.74, 6) is -0.445. The van der Waals surface area contributed by atoms with Gasteiger partial charge in [0.2, 0.25) is 0 Å². The molecule has 142 valence electrons. The Morgan fingerprint density at radius 3 is 2.56 bits per heavy atom. The molecule has 0 saturated heterocycles. The Morgan fingerprint density at radius 1 is 1.19 bits per heavy atom. The molecule has 2 aromatic heterocycles. The van der Waals surface area contributed by atoms with E-state index in [0.29, 0.717) is 5.69 Å². The van der Waals surface area contributed by atoms with Crippen LogP contribution in [0.15, 0.2) is 36.7 Å². The summed E-state index contributed by atoms with van der Waals surface area (Å²) in [5, 5.41) is 5.02. The summed E-state index contributed by atoms with van der Waals surface area (Å²) in [6.07, 6.45) is 3.62. The van der Waals surface area contributed by atoms with Crippen LogP contribution in [0.25, 0.3) is 22.0 Å². The van der Waals surface area contributed by atoms with E-state index in [1.165, 1.54) is 4.68 Å². The fraction of sp³-hybridized carbons (Fsp3) is 0.350. The second kappa shape index (κ2) is 6.90. The minimum atomic E-state index is -0.588. The summed E-state index contributed by atoms with van der Waals surface area (Å²) in [5.41, 5.74) is 8.05. The number of fused-ring (bicyclic) bond motifs is 1. The average Bonchev–Trinajstić information content (AvgIpc) is 3.18. The molecule has 0 radical (unpaired) electrons. The highest BCUT2D eigenvalue weighted by Crippen LogP contribution is 2.27. The molecule has 2 N–H and O–H groups in total. The molecule has 3 rings (SSSR count). The maximum absolute atomic E-state index is 12.1. The molecule has 0 unspecified atom stereocenters. The lowest BCUT2D eigenvalue weighted by Crippen LogP contribution is -2.27. The first-order valence-electron chi connectivity index (χ1n) is 8.91. The van der Waals surface area contributed by atoms with Gasteiger partial charge in [0.25, 0.3) is 5.91 Å². The number of nitrogens with two attached hydrogens (primary N) is 1. The third kappa shape index (κ3) is 3.86. The Labute approximate surface area is 157 Å². The molecule has 0 spiro atoms. The van der Waals surface area contributed by atoms with Crippen LogP contribution < -0.4 is 5.73 Å². The van der Waals surface area contributed by atoms with Gasteiger partial charge in [0.05, 0.1) is 6.20 Å². The van der Waals surface area contributed by atoms with Crippen LogP contribution in [-0.4, -0.2) is 31.9 Å². The molecule has 0 saturated carbocycles. The van der Waals surface area contributed by atoms with E-state index in [1.54, 1.807) is 39.2 Å². The first-order valence-corrected chi connectivity index (χ1v) is 8.91. The predicted octanol–water partition coefficient (Wildman–Crippen LogP) is 3.80. The standard InChI is InChI=1S/C20H24N4O3/c1-5-8-23-16-7-6-13(9-14(16)10-17(23)18(21)25)15-11-22-24(12-15)19(26)27-20(2,3)4/h6-7,9-12H,5,8H2,1-4H3,(H2,21,25). The zero-order chi connectivity index (χ0) is 19.8. The number of hydrogen-bond acceptors (Lipinski definition) is 4. The van der Waals surface area contributed by atoms with Gasteiger partial charge in [-0.15, -0.1) is 0 Å².